The lowest BCUT2D eigenvalue weighted by molar-refractivity contribution is -0.137. The predicted molar refractivity (Wildman–Crippen MR) is 95.3 cm³/mol. The zero-order chi connectivity index (χ0) is 17.2. The fourth-order valence-corrected chi connectivity index (χ4v) is 4.80. The third kappa shape index (κ3) is 3.23. The zero-order valence-corrected chi connectivity index (χ0v) is 14.9. The van der Waals surface area contributed by atoms with E-state index in [2.05, 4.69) is 22.4 Å². The first-order valence-corrected chi connectivity index (χ1v) is 9.78. The second-order valence-electron chi connectivity index (χ2n) is 6.75. The van der Waals surface area contributed by atoms with E-state index in [0.717, 1.165) is 32.2 Å². The molecule has 132 valence electrons. The number of rotatable bonds is 3. The lowest BCUT2D eigenvalue weighted by atomic mass is 9.94. The van der Waals surface area contributed by atoms with Crippen LogP contribution in [-0.4, -0.2) is 41.2 Å². The van der Waals surface area contributed by atoms with Gasteiger partial charge in [-0.05, 0) is 49.3 Å². The maximum Gasteiger partial charge on any atom is 0.289 e. The molecule has 0 radical (unpaired) electrons. The lowest BCUT2D eigenvalue weighted by Crippen LogP contribution is -2.44. The van der Waals surface area contributed by atoms with Crippen molar-refractivity contribution in [3.8, 4) is 0 Å². The van der Waals surface area contributed by atoms with Crippen molar-refractivity contribution in [3.63, 3.8) is 0 Å². The van der Waals surface area contributed by atoms with Gasteiger partial charge in [0.05, 0.1) is 12.3 Å². The molecule has 0 spiro atoms. The van der Waals surface area contributed by atoms with Crippen LogP contribution in [0.3, 0.4) is 0 Å². The van der Waals surface area contributed by atoms with Gasteiger partial charge in [0.25, 0.3) is 5.91 Å². The van der Waals surface area contributed by atoms with E-state index in [4.69, 9.17) is 4.42 Å². The van der Waals surface area contributed by atoms with Gasteiger partial charge in [0.1, 0.15) is 0 Å². The second kappa shape index (κ2) is 7.04. The highest BCUT2D eigenvalue weighted by atomic mass is 32.1. The third-order valence-corrected chi connectivity index (χ3v) is 6.24. The highest BCUT2D eigenvalue weighted by Crippen LogP contribution is 2.36. The number of carbonyl (C=O) groups is 2. The molecule has 0 saturated carbocycles. The summed E-state index contributed by atoms with van der Waals surface area (Å²) in [6, 6.07) is 7.85. The molecule has 2 amide bonds. The summed E-state index contributed by atoms with van der Waals surface area (Å²) in [5, 5.41) is 2.08. The van der Waals surface area contributed by atoms with Crippen molar-refractivity contribution in [1.29, 1.82) is 0 Å². The Bertz CT molecular complexity index is 718. The first-order valence-electron chi connectivity index (χ1n) is 8.90. The monoisotopic (exact) mass is 358 g/mol. The first kappa shape index (κ1) is 16.4. The van der Waals surface area contributed by atoms with Gasteiger partial charge in [-0.25, -0.2) is 0 Å². The van der Waals surface area contributed by atoms with Crippen LogP contribution in [0.25, 0.3) is 0 Å². The molecule has 0 N–H and O–H groups in total. The van der Waals surface area contributed by atoms with Crippen LogP contribution in [0.2, 0.25) is 0 Å². The van der Waals surface area contributed by atoms with E-state index in [-0.39, 0.29) is 23.8 Å². The van der Waals surface area contributed by atoms with Crippen molar-refractivity contribution in [3.05, 3.63) is 46.5 Å². The van der Waals surface area contributed by atoms with E-state index >= 15 is 0 Å². The molecule has 1 unspecified atom stereocenters. The summed E-state index contributed by atoms with van der Waals surface area (Å²) in [6.45, 7) is 2.09. The normalized spacial score (nSPS) is 21.7. The number of likely N-dealkylation sites (tertiary alicyclic amines) is 2. The van der Waals surface area contributed by atoms with Crippen molar-refractivity contribution in [2.75, 3.05) is 19.6 Å². The van der Waals surface area contributed by atoms with Crippen LogP contribution >= 0.6 is 11.3 Å². The van der Waals surface area contributed by atoms with E-state index in [1.165, 1.54) is 11.1 Å². The summed E-state index contributed by atoms with van der Waals surface area (Å²) >= 11 is 1.73. The molecule has 1 atom stereocenters. The summed E-state index contributed by atoms with van der Waals surface area (Å²) in [5.41, 5.74) is 0. The Morgan fingerprint density at radius 2 is 1.92 bits per heavy atom. The molecule has 4 rings (SSSR count). The van der Waals surface area contributed by atoms with Crippen molar-refractivity contribution >= 4 is 23.2 Å². The molecular weight excluding hydrogens is 336 g/mol. The van der Waals surface area contributed by atoms with E-state index in [1.807, 2.05) is 0 Å². The van der Waals surface area contributed by atoms with Crippen molar-refractivity contribution in [2.45, 2.75) is 31.7 Å². The molecule has 2 aromatic heterocycles. The molecule has 25 heavy (non-hydrogen) atoms. The zero-order valence-electron chi connectivity index (χ0n) is 14.1. The van der Waals surface area contributed by atoms with E-state index in [0.29, 0.717) is 18.8 Å². The maximum absolute atomic E-state index is 13.0. The van der Waals surface area contributed by atoms with Gasteiger partial charge in [-0.15, -0.1) is 11.3 Å². The quantitative estimate of drug-likeness (QED) is 0.843. The highest BCUT2D eigenvalue weighted by Gasteiger charge is 2.36. The molecule has 6 heteroatoms. The van der Waals surface area contributed by atoms with Gasteiger partial charge >= 0.3 is 0 Å². The lowest BCUT2D eigenvalue weighted by Gasteiger charge is -2.34. The molecule has 2 aromatic rings. The number of furan rings is 1. The Hall–Kier alpha value is -2.08. The van der Waals surface area contributed by atoms with E-state index < -0.39 is 0 Å². The molecule has 2 aliphatic rings. The molecule has 4 heterocycles. The van der Waals surface area contributed by atoms with Crippen molar-refractivity contribution < 1.29 is 14.0 Å². The molecule has 5 nitrogen and oxygen atoms in total. The summed E-state index contributed by atoms with van der Waals surface area (Å²) < 4.78 is 5.19. The van der Waals surface area contributed by atoms with Gasteiger partial charge in [-0.3, -0.25) is 9.59 Å². The van der Waals surface area contributed by atoms with Crippen LogP contribution in [0.15, 0.2) is 40.3 Å². The minimum absolute atomic E-state index is 0.0289. The average molecular weight is 358 g/mol. The highest BCUT2D eigenvalue weighted by molar-refractivity contribution is 7.10. The van der Waals surface area contributed by atoms with Gasteiger partial charge in [0.2, 0.25) is 5.91 Å². The Morgan fingerprint density at radius 1 is 1.08 bits per heavy atom. The third-order valence-electron chi connectivity index (χ3n) is 5.27. The predicted octanol–water partition coefficient (Wildman–Crippen LogP) is 3.56. The molecule has 2 aliphatic heterocycles. The summed E-state index contributed by atoms with van der Waals surface area (Å²) in [6.07, 6.45) is 5.12. The molecule has 2 saturated heterocycles. The summed E-state index contributed by atoms with van der Waals surface area (Å²) in [5.74, 6) is 0.595. The molecule has 0 aromatic carbocycles. The van der Waals surface area contributed by atoms with Crippen molar-refractivity contribution in [1.82, 2.24) is 9.80 Å². The number of piperidine rings is 1. The Balaban J connectivity index is 1.37. The standard InChI is InChI=1S/C19H22N2O3S/c22-18(21-9-1-4-15(21)17-6-3-13-25-17)14-7-10-20(11-8-14)19(23)16-5-2-12-24-16/h2-3,5-6,12-15H,1,4,7-11H2. The Labute approximate surface area is 151 Å². The molecular formula is C19H22N2O3S. The summed E-state index contributed by atoms with van der Waals surface area (Å²) in [7, 11) is 0. The van der Waals surface area contributed by atoms with E-state index in [1.54, 1.807) is 28.4 Å². The fraction of sp³-hybridized carbons (Fsp3) is 0.474. The number of amides is 2. The van der Waals surface area contributed by atoms with Crippen LogP contribution in [0, 0.1) is 5.92 Å². The summed E-state index contributed by atoms with van der Waals surface area (Å²) in [4.78, 5) is 30.5. The minimum Gasteiger partial charge on any atom is -0.459 e. The number of hydrogen-bond acceptors (Lipinski definition) is 4. The molecule has 2 fully saturated rings. The van der Waals surface area contributed by atoms with Gasteiger partial charge in [0, 0.05) is 30.4 Å². The van der Waals surface area contributed by atoms with Crippen molar-refractivity contribution in [2.24, 2.45) is 5.92 Å². The number of thiophene rings is 1. The average Bonchev–Trinajstić information content (AvgIpc) is 3.42. The van der Waals surface area contributed by atoms with Gasteiger partial charge in [-0.1, -0.05) is 6.07 Å². The maximum atomic E-state index is 13.0. The van der Waals surface area contributed by atoms with Crippen LogP contribution in [0.1, 0.15) is 47.2 Å². The van der Waals surface area contributed by atoms with Crippen LogP contribution in [-0.2, 0) is 4.79 Å². The topological polar surface area (TPSA) is 53.8 Å². The van der Waals surface area contributed by atoms with Gasteiger partial charge in [-0.2, -0.15) is 0 Å². The Morgan fingerprint density at radius 3 is 2.60 bits per heavy atom. The first-order chi connectivity index (χ1) is 12.2. The number of nitrogens with zero attached hydrogens (tertiary/aromatic N) is 2. The van der Waals surface area contributed by atoms with Crippen LogP contribution < -0.4 is 0 Å². The number of carbonyl (C=O) groups excluding carboxylic acids is 2. The smallest absolute Gasteiger partial charge is 0.289 e. The minimum atomic E-state index is -0.0754. The van der Waals surface area contributed by atoms with Crippen LogP contribution in [0.5, 0.6) is 0 Å². The molecule has 0 bridgehead atoms. The molecule has 0 aliphatic carbocycles. The largest absolute Gasteiger partial charge is 0.459 e. The van der Waals surface area contributed by atoms with Crippen LogP contribution in [0.4, 0.5) is 0 Å². The second-order valence-corrected chi connectivity index (χ2v) is 7.73. The van der Waals surface area contributed by atoms with Gasteiger partial charge < -0.3 is 14.2 Å². The number of hydrogen-bond donors (Lipinski definition) is 0. The SMILES string of the molecule is O=C(c1ccco1)N1CCC(C(=O)N2CCCC2c2cccs2)CC1. The Kier molecular flexibility index (Phi) is 4.61. The van der Waals surface area contributed by atoms with Gasteiger partial charge in [0.15, 0.2) is 5.76 Å². The van der Waals surface area contributed by atoms with E-state index in [9.17, 15) is 9.59 Å². The fourth-order valence-electron chi connectivity index (χ4n) is 3.93.